The fourth-order valence-corrected chi connectivity index (χ4v) is 3.76. The second-order valence-electron chi connectivity index (χ2n) is 6.78. The molecule has 6 heteroatoms. The van der Waals surface area contributed by atoms with E-state index in [-0.39, 0.29) is 5.57 Å². The van der Waals surface area contributed by atoms with Gasteiger partial charge in [-0.05, 0) is 88.2 Å². The second kappa shape index (κ2) is 11.1. The van der Waals surface area contributed by atoms with Crippen LogP contribution < -0.4 is 10.1 Å². The summed E-state index contributed by atoms with van der Waals surface area (Å²) < 4.78 is 7.83. The average molecular weight is 587 g/mol. The van der Waals surface area contributed by atoms with Gasteiger partial charge in [-0.15, -0.1) is 0 Å². The minimum atomic E-state index is -0.433. The highest BCUT2D eigenvalue weighted by Crippen LogP contribution is 2.25. The van der Waals surface area contributed by atoms with Crippen molar-refractivity contribution >= 4 is 56.2 Å². The van der Waals surface area contributed by atoms with Crippen molar-refractivity contribution in [3.63, 3.8) is 0 Å². The molecule has 156 valence electrons. The summed E-state index contributed by atoms with van der Waals surface area (Å²) in [6.07, 6.45) is 2.51. The van der Waals surface area contributed by atoms with Crippen molar-refractivity contribution in [1.29, 1.82) is 5.26 Å². The summed E-state index contributed by atoms with van der Waals surface area (Å²) in [5.41, 5.74) is 3.71. The summed E-state index contributed by atoms with van der Waals surface area (Å²) in [7, 11) is 0. The van der Waals surface area contributed by atoms with E-state index in [0.29, 0.717) is 12.3 Å². The number of nitriles is 1. The number of hydrogen-bond donors (Lipinski definition) is 1. The highest BCUT2D eigenvalue weighted by atomic mass is 127. The number of ether oxygens (including phenoxy) is 1. The third-order valence-corrected chi connectivity index (χ3v) is 5.93. The molecular weight excluding hydrogens is 567 g/mol. The number of nitrogens with zero attached hydrogens (tertiary/aromatic N) is 1. The maximum atomic E-state index is 12.5. The van der Waals surface area contributed by atoms with E-state index in [1.165, 1.54) is 5.56 Å². The van der Waals surface area contributed by atoms with E-state index >= 15 is 0 Å². The lowest BCUT2D eigenvalue weighted by Gasteiger charge is -2.09. The molecule has 3 rings (SSSR count). The Kier molecular flexibility index (Phi) is 8.27. The van der Waals surface area contributed by atoms with Crippen LogP contribution in [0.15, 0.2) is 76.8 Å². The van der Waals surface area contributed by atoms with E-state index in [1.807, 2.05) is 72.8 Å². The van der Waals surface area contributed by atoms with Gasteiger partial charge in [0.15, 0.2) is 0 Å². The Morgan fingerprint density at radius 2 is 1.77 bits per heavy atom. The Hall–Kier alpha value is -2.63. The summed E-state index contributed by atoms with van der Waals surface area (Å²) in [5, 5.41) is 12.2. The molecule has 0 aliphatic heterocycles. The molecule has 0 atom stereocenters. The van der Waals surface area contributed by atoms with Crippen LogP contribution in [0.2, 0.25) is 0 Å². The largest absolute Gasteiger partial charge is 0.488 e. The SMILES string of the molecule is CCc1ccc(NC(=O)/C(C#N)=C/c2ccc(OCc3ccc(Br)cc3)c(I)c2)cc1. The number of hydrogen-bond acceptors (Lipinski definition) is 3. The smallest absolute Gasteiger partial charge is 0.266 e. The first kappa shape index (κ1) is 23.0. The highest BCUT2D eigenvalue weighted by molar-refractivity contribution is 14.1. The molecule has 0 aliphatic carbocycles. The quantitative estimate of drug-likeness (QED) is 0.189. The van der Waals surface area contributed by atoms with Gasteiger partial charge in [-0.2, -0.15) is 5.26 Å². The lowest BCUT2D eigenvalue weighted by Crippen LogP contribution is -2.13. The number of carbonyl (C=O) groups is 1. The maximum Gasteiger partial charge on any atom is 0.266 e. The van der Waals surface area contributed by atoms with Gasteiger partial charge in [-0.3, -0.25) is 4.79 Å². The summed E-state index contributed by atoms with van der Waals surface area (Å²) in [6, 6.07) is 23.1. The van der Waals surface area contributed by atoms with Crippen LogP contribution >= 0.6 is 38.5 Å². The Balaban J connectivity index is 1.68. The predicted molar refractivity (Wildman–Crippen MR) is 136 cm³/mol. The molecule has 0 unspecified atom stereocenters. The van der Waals surface area contributed by atoms with Crippen LogP contribution in [0, 0.1) is 14.9 Å². The van der Waals surface area contributed by atoms with Gasteiger partial charge in [0, 0.05) is 10.2 Å². The van der Waals surface area contributed by atoms with Gasteiger partial charge in [0.25, 0.3) is 5.91 Å². The lowest BCUT2D eigenvalue weighted by atomic mass is 10.1. The fraction of sp³-hybridized carbons (Fsp3) is 0.120. The maximum absolute atomic E-state index is 12.5. The number of nitrogens with one attached hydrogen (secondary N) is 1. The van der Waals surface area contributed by atoms with Crippen LogP contribution in [0.1, 0.15) is 23.6 Å². The summed E-state index contributed by atoms with van der Waals surface area (Å²) in [5.74, 6) is 0.317. The molecule has 3 aromatic carbocycles. The molecule has 0 heterocycles. The molecule has 3 aromatic rings. The van der Waals surface area contributed by atoms with Crippen LogP contribution in [0.25, 0.3) is 6.08 Å². The first-order chi connectivity index (χ1) is 15.0. The van der Waals surface area contributed by atoms with Crippen molar-refractivity contribution in [2.75, 3.05) is 5.32 Å². The van der Waals surface area contributed by atoms with E-state index in [0.717, 1.165) is 31.3 Å². The van der Waals surface area contributed by atoms with Gasteiger partial charge in [-0.1, -0.05) is 53.2 Å². The molecule has 0 fully saturated rings. The number of benzene rings is 3. The second-order valence-corrected chi connectivity index (χ2v) is 8.86. The van der Waals surface area contributed by atoms with E-state index in [2.05, 4.69) is 50.8 Å². The van der Waals surface area contributed by atoms with Crippen LogP contribution in [-0.2, 0) is 17.8 Å². The number of carbonyl (C=O) groups excluding carboxylic acids is 1. The van der Waals surface area contributed by atoms with Crippen LogP contribution in [0.4, 0.5) is 5.69 Å². The summed E-state index contributed by atoms with van der Waals surface area (Å²) in [4.78, 5) is 12.5. The third kappa shape index (κ3) is 6.68. The lowest BCUT2D eigenvalue weighted by molar-refractivity contribution is -0.112. The number of amides is 1. The molecule has 0 spiro atoms. The number of anilines is 1. The number of rotatable bonds is 7. The van der Waals surface area contributed by atoms with Gasteiger partial charge in [0.05, 0.1) is 3.57 Å². The van der Waals surface area contributed by atoms with E-state index in [1.54, 1.807) is 6.08 Å². The molecular formula is C25H20BrIN2O2. The van der Waals surface area contributed by atoms with Crippen molar-refractivity contribution < 1.29 is 9.53 Å². The highest BCUT2D eigenvalue weighted by Gasteiger charge is 2.11. The topological polar surface area (TPSA) is 62.1 Å². The fourth-order valence-electron chi connectivity index (χ4n) is 2.80. The molecule has 0 saturated carbocycles. The summed E-state index contributed by atoms with van der Waals surface area (Å²) in [6.45, 7) is 2.53. The number of halogens is 2. The Morgan fingerprint density at radius 3 is 2.39 bits per heavy atom. The van der Waals surface area contributed by atoms with E-state index in [4.69, 9.17) is 4.74 Å². The van der Waals surface area contributed by atoms with Crippen LogP contribution in [-0.4, -0.2) is 5.91 Å². The van der Waals surface area contributed by atoms with Crippen molar-refractivity contribution in [3.05, 3.63) is 97.0 Å². The third-order valence-electron chi connectivity index (χ3n) is 4.56. The van der Waals surface area contributed by atoms with Gasteiger partial charge in [0.1, 0.15) is 24.0 Å². The van der Waals surface area contributed by atoms with Crippen LogP contribution in [0.5, 0.6) is 5.75 Å². The number of aryl methyl sites for hydroxylation is 1. The molecule has 0 radical (unpaired) electrons. The van der Waals surface area contributed by atoms with Crippen molar-refractivity contribution in [2.45, 2.75) is 20.0 Å². The molecule has 1 N–H and O–H groups in total. The molecule has 0 bridgehead atoms. The predicted octanol–water partition coefficient (Wildman–Crippen LogP) is 6.74. The zero-order valence-corrected chi connectivity index (χ0v) is 20.6. The van der Waals surface area contributed by atoms with Crippen molar-refractivity contribution in [1.82, 2.24) is 0 Å². The molecule has 4 nitrogen and oxygen atoms in total. The molecule has 0 aromatic heterocycles. The van der Waals surface area contributed by atoms with Crippen molar-refractivity contribution in [3.8, 4) is 11.8 Å². The average Bonchev–Trinajstić information content (AvgIpc) is 2.78. The van der Waals surface area contributed by atoms with Gasteiger partial charge in [0.2, 0.25) is 0 Å². The molecule has 0 saturated heterocycles. The van der Waals surface area contributed by atoms with Crippen molar-refractivity contribution in [2.24, 2.45) is 0 Å². The monoisotopic (exact) mass is 586 g/mol. The van der Waals surface area contributed by atoms with Crippen LogP contribution in [0.3, 0.4) is 0 Å². The standard InChI is InChI=1S/C25H20BrIN2O2/c1-2-17-5-10-22(11-6-17)29-25(30)20(15-28)13-19-7-12-24(23(27)14-19)31-16-18-3-8-21(26)9-4-18/h3-14H,2,16H2,1H3,(H,29,30)/b20-13+. The summed E-state index contributed by atoms with van der Waals surface area (Å²) >= 11 is 5.61. The van der Waals surface area contributed by atoms with Gasteiger partial charge >= 0.3 is 0 Å². The Morgan fingerprint density at radius 1 is 1.10 bits per heavy atom. The normalized spacial score (nSPS) is 11.0. The van der Waals surface area contributed by atoms with Gasteiger partial charge in [-0.25, -0.2) is 0 Å². The minimum absolute atomic E-state index is 0.0406. The van der Waals surface area contributed by atoms with E-state index in [9.17, 15) is 10.1 Å². The molecule has 1 amide bonds. The van der Waals surface area contributed by atoms with E-state index < -0.39 is 5.91 Å². The first-order valence-corrected chi connectivity index (χ1v) is 11.5. The first-order valence-electron chi connectivity index (χ1n) is 9.67. The zero-order chi connectivity index (χ0) is 22.2. The molecule has 0 aliphatic rings. The zero-order valence-electron chi connectivity index (χ0n) is 16.9. The van der Waals surface area contributed by atoms with Gasteiger partial charge < -0.3 is 10.1 Å². The Labute approximate surface area is 204 Å². The minimum Gasteiger partial charge on any atom is -0.488 e. The molecule has 31 heavy (non-hydrogen) atoms. The Bertz CT molecular complexity index is 1130.